The number of rotatable bonds is 3. The van der Waals surface area contributed by atoms with Crippen molar-refractivity contribution >= 4 is 11.8 Å². The first-order valence-electron chi connectivity index (χ1n) is 5.90. The number of aromatic nitrogens is 2. The molecule has 0 amide bonds. The number of carboxylic acid groups (broad SMARTS) is 1. The molecule has 2 rings (SSSR count). The van der Waals surface area contributed by atoms with Gasteiger partial charge >= 0.3 is 5.97 Å². The maximum absolute atomic E-state index is 11.6. The highest BCUT2D eigenvalue weighted by atomic mass is 16.4. The lowest BCUT2D eigenvalue weighted by Crippen LogP contribution is -2.51. The van der Waals surface area contributed by atoms with Gasteiger partial charge in [0, 0.05) is 18.9 Å². The summed E-state index contributed by atoms with van der Waals surface area (Å²) in [6.45, 7) is 4.51. The van der Waals surface area contributed by atoms with Crippen LogP contribution in [0.25, 0.3) is 0 Å². The highest BCUT2D eigenvalue weighted by Gasteiger charge is 2.47. The Morgan fingerprint density at radius 1 is 1.53 bits per heavy atom. The van der Waals surface area contributed by atoms with Crippen molar-refractivity contribution in [2.75, 3.05) is 11.4 Å². The van der Waals surface area contributed by atoms with E-state index in [-0.39, 0.29) is 0 Å². The van der Waals surface area contributed by atoms with Crippen LogP contribution in [0.1, 0.15) is 31.9 Å². The Hall–Kier alpha value is -1.65. The minimum Gasteiger partial charge on any atom is -0.479 e. The van der Waals surface area contributed by atoms with Crippen molar-refractivity contribution in [3.63, 3.8) is 0 Å². The van der Waals surface area contributed by atoms with Crippen molar-refractivity contribution in [1.82, 2.24) is 9.97 Å². The molecule has 0 aliphatic carbocycles. The zero-order chi connectivity index (χ0) is 12.5. The van der Waals surface area contributed by atoms with Crippen molar-refractivity contribution in [3.8, 4) is 0 Å². The normalized spacial score (nSPS) is 24.0. The SMILES string of the molecule is CCC1(C(=O)O)CCCN1c1nccnc1C. The summed E-state index contributed by atoms with van der Waals surface area (Å²) in [7, 11) is 0. The van der Waals surface area contributed by atoms with Crippen molar-refractivity contribution < 1.29 is 9.90 Å². The van der Waals surface area contributed by atoms with Gasteiger partial charge in [-0.2, -0.15) is 0 Å². The maximum Gasteiger partial charge on any atom is 0.329 e. The van der Waals surface area contributed by atoms with Gasteiger partial charge in [0.25, 0.3) is 0 Å². The summed E-state index contributed by atoms with van der Waals surface area (Å²) < 4.78 is 0. The van der Waals surface area contributed by atoms with Crippen LogP contribution in [0, 0.1) is 6.92 Å². The molecule has 2 heterocycles. The van der Waals surface area contributed by atoms with Crippen molar-refractivity contribution in [1.29, 1.82) is 0 Å². The fraction of sp³-hybridized carbons (Fsp3) is 0.583. The second-order valence-electron chi connectivity index (χ2n) is 4.41. The lowest BCUT2D eigenvalue weighted by Gasteiger charge is -2.35. The molecule has 1 aliphatic heterocycles. The van der Waals surface area contributed by atoms with Crippen molar-refractivity contribution in [2.45, 2.75) is 38.6 Å². The molecule has 1 fully saturated rings. The summed E-state index contributed by atoms with van der Waals surface area (Å²) in [5.41, 5.74) is -0.0191. The monoisotopic (exact) mass is 235 g/mol. The van der Waals surface area contributed by atoms with E-state index < -0.39 is 11.5 Å². The molecule has 1 aromatic rings. The minimum absolute atomic E-state index is 0.582. The molecular formula is C12H17N3O2. The van der Waals surface area contributed by atoms with Crippen LogP contribution in [0.4, 0.5) is 5.82 Å². The average molecular weight is 235 g/mol. The third-order valence-electron chi connectivity index (χ3n) is 3.58. The topological polar surface area (TPSA) is 66.3 Å². The number of aliphatic carboxylic acids is 1. The molecule has 1 atom stereocenters. The van der Waals surface area contributed by atoms with Crippen LogP contribution >= 0.6 is 0 Å². The number of hydrogen-bond donors (Lipinski definition) is 1. The molecule has 1 N–H and O–H groups in total. The highest BCUT2D eigenvalue weighted by Crippen LogP contribution is 2.36. The van der Waals surface area contributed by atoms with E-state index in [0.29, 0.717) is 18.7 Å². The van der Waals surface area contributed by atoms with E-state index in [1.165, 1.54) is 0 Å². The van der Waals surface area contributed by atoms with Crippen molar-refractivity contribution in [3.05, 3.63) is 18.1 Å². The first-order chi connectivity index (χ1) is 8.12. The Kier molecular flexibility index (Phi) is 3.00. The summed E-state index contributed by atoms with van der Waals surface area (Å²) in [4.78, 5) is 21.9. The van der Waals surface area contributed by atoms with E-state index in [0.717, 1.165) is 18.7 Å². The Morgan fingerprint density at radius 3 is 2.82 bits per heavy atom. The average Bonchev–Trinajstić information content (AvgIpc) is 2.74. The predicted octanol–water partition coefficient (Wildman–Crippen LogP) is 1.62. The third-order valence-corrected chi connectivity index (χ3v) is 3.58. The molecule has 0 bridgehead atoms. The smallest absolute Gasteiger partial charge is 0.329 e. The Labute approximate surface area is 100 Å². The van der Waals surface area contributed by atoms with E-state index in [1.54, 1.807) is 12.4 Å². The van der Waals surface area contributed by atoms with E-state index in [9.17, 15) is 9.90 Å². The van der Waals surface area contributed by atoms with Crippen molar-refractivity contribution in [2.24, 2.45) is 0 Å². The van der Waals surface area contributed by atoms with E-state index in [1.807, 2.05) is 18.7 Å². The summed E-state index contributed by atoms with van der Waals surface area (Å²) in [5.74, 6) is -0.0585. The van der Waals surface area contributed by atoms with E-state index >= 15 is 0 Å². The van der Waals surface area contributed by atoms with Gasteiger partial charge in [0.15, 0.2) is 5.82 Å². The lowest BCUT2D eigenvalue weighted by molar-refractivity contribution is -0.143. The number of carboxylic acids is 1. The van der Waals surface area contributed by atoms with Gasteiger partial charge in [0.05, 0.1) is 5.69 Å². The largest absolute Gasteiger partial charge is 0.479 e. The summed E-state index contributed by atoms with van der Waals surface area (Å²) >= 11 is 0. The molecule has 1 aliphatic rings. The number of carbonyl (C=O) groups is 1. The molecule has 1 saturated heterocycles. The molecule has 0 spiro atoms. The van der Waals surface area contributed by atoms with Crippen LogP contribution in [-0.2, 0) is 4.79 Å². The molecule has 5 heteroatoms. The Morgan fingerprint density at radius 2 is 2.24 bits per heavy atom. The number of aryl methyl sites for hydroxylation is 1. The number of anilines is 1. The van der Waals surface area contributed by atoms with Gasteiger partial charge in [-0.3, -0.25) is 4.98 Å². The fourth-order valence-corrected chi connectivity index (χ4v) is 2.59. The van der Waals surface area contributed by atoms with Crippen LogP contribution in [0.15, 0.2) is 12.4 Å². The van der Waals surface area contributed by atoms with Crippen LogP contribution < -0.4 is 4.90 Å². The second-order valence-corrected chi connectivity index (χ2v) is 4.41. The van der Waals surface area contributed by atoms with Gasteiger partial charge in [0.1, 0.15) is 5.54 Å². The van der Waals surface area contributed by atoms with Gasteiger partial charge in [-0.05, 0) is 26.2 Å². The van der Waals surface area contributed by atoms with Crippen LogP contribution in [0.2, 0.25) is 0 Å². The predicted molar refractivity (Wildman–Crippen MR) is 64.0 cm³/mol. The Bertz CT molecular complexity index is 436. The summed E-state index contributed by atoms with van der Waals surface area (Å²) in [6.07, 6.45) is 5.38. The van der Waals surface area contributed by atoms with Crippen LogP contribution in [0.5, 0.6) is 0 Å². The molecule has 1 aromatic heterocycles. The zero-order valence-electron chi connectivity index (χ0n) is 10.2. The summed E-state index contributed by atoms with van der Waals surface area (Å²) in [6, 6.07) is 0. The minimum atomic E-state index is -0.805. The molecule has 5 nitrogen and oxygen atoms in total. The molecule has 0 saturated carbocycles. The molecular weight excluding hydrogens is 218 g/mol. The first-order valence-corrected chi connectivity index (χ1v) is 5.90. The lowest BCUT2D eigenvalue weighted by atomic mass is 9.93. The third kappa shape index (κ3) is 1.75. The number of nitrogens with zero attached hydrogens (tertiary/aromatic N) is 3. The zero-order valence-corrected chi connectivity index (χ0v) is 10.2. The van der Waals surface area contributed by atoms with Gasteiger partial charge in [-0.1, -0.05) is 6.92 Å². The maximum atomic E-state index is 11.6. The van der Waals surface area contributed by atoms with E-state index in [4.69, 9.17) is 0 Å². The first kappa shape index (κ1) is 11.8. The second kappa shape index (κ2) is 4.31. The quantitative estimate of drug-likeness (QED) is 0.862. The fourth-order valence-electron chi connectivity index (χ4n) is 2.59. The highest BCUT2D eigenvalue weighted by molar-refractivity contribution is 5.84. The van der Waals surface area contributed by atoms with Gasteiger partial charge < -0.3 is 10.0 Å². The molecule has 92 valence electrons. The molecule has 17 heavy (non-hydrogen) atoms. The molecule has 1 unspecified atom stereocenters. The van der Waals surface area contributed by atoms with Gasteiger partial charge in [0.2, 0.25) is 0 Å². The van der Waals surface area contributed by atoms with Gasteiger partial charge in [-0.25, -0.2) is 9.78 Å². The van der Waals surface area contributed by atoms with E-state index in [2.05, 4.69) is 9.97 Å². The van der Waals surface area contributed by atoms with Crippen LogP contribution in [-0.4, -0.2) is 33.1 Å². The standard InChI is InChI=1S/C12H17N3O2/c1-3-12(11(16)17)5-4-8-15(12)10-9(2)13-6-7-14-10/h6-7H,3-5,8H2,1-2H3,(H,16,17). The summed E-state index contributed by atoms with van der Waals surface area (Å²) in [5, 5.41) is 9.50. The van der Waals surface area contributed by atoms with Gasteiger partial charge in [-0.15, -0.1) is 0 Å². The Balaban J connectivity index is 2.44. The number of hydrogen-bond acceptors (Lipinski definition) is 4. The molecule has 0 radical (unpaired) electrons. The molecule has 0 aromatic carbocycles. The van der Waals surface area contributed by atoms with Crippen LogP contribution in [0.3, 0.4) is 0 Å².